The van der Waals surface area contributed by atoms with Gasteiger partial charge in [-0.1, -0.05) is 69.5 Å². The van der Waals surface area contributed by atoms with Crippen LogP contribution in [0.5, 0.6) is 5.75 Å². The topological polar surface area (TPSA) is 35.5 Å². The summed E-state index contributed by atoms with van der Waals surface area (Å²) in [7, 11) is 1.50. The van der Waals surface area contributed by atoms with E-state index in [0.717, 1.165) is 47.6 Å². The van der Waals surface area contributed by atoms with Gasteiger partial charge in [0.25, 0.3) is 0 Å². The molecule has 0 unspecified atom stereocenters. The van der Waals surface area contributed by atoms with E-state index in [1.165, 1.54) is 13.5 Å². The van der Waals surface area contributed by atoms with E-state index in [0.29, 0.717) is 6.61 Å². The van der Waals surface area contributed by atoms with Gasteiger partial charge in [0.1, 0.15) is 12.4 Å². The lowest BCUT2D eigenvalue weighted by molar-refractivity contribution is -0.153. The van der Waals surface area contributed by atoms with E-state index < -0.39 is 0 Å². The Morgan fingerprint density at radius 3 is 2.39 bits per heavy atom. The van der Waals surface area contributed by atoms with Crippen molar-refractivity contribution in [2.45, 2.75) is 57.5 Å². The Hall–Kier alpha value is -1.94. The third-order valence-electron chi connectivity index (χ3n) is 5.00. The summed E-state index contributed by atoms with van der Waals surface area (Å²) in [5, 5.41) is 0. The lowest BCUT2D eigenvalue weighted by atomic mass is 9.75. The maximum Gasteiger partial charge on any atom is 0.312 e. The van der Waals surface area contributed by atoms with Crippen LogP contribution in [0.25, 0.3) is 0 Å². The molecule has 0 radical (unpaired) electrons. The zero-order valence-electron chi connectivity index (χ0n) is 17.3. The van der Waals surface area contributed by atoms with Crippen LogP contribution in [-0.4, -0.2) is 18.8 Å². The second-order valence-corrected chi connectivity index (χ2v) is 7.92. The van der Waals surface area contributed by atoms with Gasteiger partial charge < -0.3 is 9.47 Å². The molecule has 4 heteroatoms. The lowest BCUT2D eigenvalue weighted by Gasteiger charge is -2.34. The van der Waals surface area contributed by atoms with Crippen molar-refractivity contribution in [2.75, 3.05) is 12.9 Å². The number of esters is 1. The summed E-state index contributed by atoms with van der Waals surface area (Å²) in [6, 6.07) is 18.3. The number of methoxy groups -OCH3 is 1. The standard InChI is InChI=1S/C22H26O3S.C2H6/c1-24-21(23)22(13-6-3-7-14-22)17-26-20-12-8-11-19(15-20)25-16-18-9-4-2-5-10-18;1-2/h2,4-5,8-12,15H,3,6-7,13-14,16-17H2,1H3;1-2H3. The third kappa shape index (κ3) is 6.30. The summed E-state index contributed by atoms with van der Waals surface area (Å²) in [4.78, 5) is 13.5. The van der Waals surface area contributed by atoms with E-state index >= 15 is 0 Å². The second-order valence-electron chi connectivity index (χ2n) is 6.87. The molecule has 1 aliphatic rings. The number of ether oxygens (including phenoxy) is 2. The molecule has 152 valence electrons. The smallest absolute Gasteiger partial charge is 0.312 e. The zero-order valence-corrected chi connectivity index (χ0v) is 18.1. The van der Waals surface area contributed by atoms with Crippen molar-refractivity contribution in [3.63, 3.8) is 0 Å². The molecular weight excluding hydrogens is 368 g/mol. The van der Waals surface area contributed by atoms with Crippen molar-refractivity contribution in [2.24, 2.45) is 5.41 Å². The van der Waals surface area contributed by atoms with Gasteiger partial charge in [0.15, 0.2) is 0 Å². The highest BCUT2D eigenvalue weighted by Gasteiger charge is 2.40. The minimum Gasteiger partial charge on any atom is -0.489 e. The van der Waals surface area contributed by atoms with Gasteiger partial charge in [0.05, 0.1) is 12.5 Å². The van der Waals surface area contributed by atoms with Crippen LogP contribution >= 0.6 is 11.8 Å². The molecule has 0 spiro atoms. The molecule has 0 N–H and O–H groups in total. The highest BCUT2D eigenvalue weighted by molar-refractivity contribution is 7.99. The van der Waals surface area contributed by atoms with E-state index in [2.05, 4.69) is 24.3 Å². The van der Waals surface area contributed by atoms with E-state index in [-0.39, 0.29) is 11.4 Å². The number of thioether (sulfide) groups is 1. The molecule has 0 heterocycles. The quantitative estimate of drug-likeness (QED) is 0.392. The molecule has 1 fully saturated rings. The summed E-state index contributed by atoms with van der Waals surface area (Å²) in [6.45, 7) is 4.56. The lowest BCUT2D eigenvalue weighted by Crippen LogP contribution is -2.36. The normalized spacial score (nSPS) is 15.1. The number of hydrogen-bond donors (Lipinski definition) is 0. The Bertz CT molecular complexity index is 709. The fourth-order valence-corrected chi connectivity index (χ4v) is 4.69. The van der Waals surface area contributed by atoms with Crippen molar-refractivity contribution >= 4 is 17.7 Å². The van der Waals surface area contributed by atoms with Crippen LogP contribution in [-0.2, 0) is 16.1 Å². The van der Waals surface area contributed by atoms with E-state index in [9.17, 15) is 4.79 Å². The highest BCUT2D eigenvalue weighted by atomic mass is 32.2. The Morgan fingerprint density at radius 1 is 1.00 bits per heavy atom. The van der Waals surface area contributed by atoms with Gasteiger partial charge in [-0.3, -0.25) is 4.79 Å². The predicted molar refractivity (Wildman–Crippen MR) is 117 cm³/mol. The van der Waals surface area contributed by atoms with Crippen molar-refractivity contribution in [3.05, 3.63) is 60.2 Å². The summed E-state index contributed by atoms with van der Waals surface area (Å²) in [5.74, 6) is 1.57. The van der Waals surface area contributed by atoms with Gasteiger partial charge in [-0.05, 0) is 36.6 Å². The van der Waals surface area contributed by atoms with Gasteiger partial charge in [-0.2, -0.15) is 0 Å². The number of benzene rings is 2. The van der Waals surface area contributed by atoms with E-state index in [4.69, 9.17) is 9.47 Å². The van der Waals surface area contributed by atoms with Crippen LogP contribution in [0.3, 0.4) is 0 Å². The summed E-state index contributed by atoms with van der Waals surface area (Å²) in [5.41, 5.74) is 0.816. The monoisotopic (exact) mass is 400 g/mol. The molecular formula is C24H32O3S. The van der Waals surface area contributed by atoms with Crippen LogP contribution in [0.4, 0.5) is 0 Å². The fourth-order valence-electron chi connectivity index (χ4n) is 3.47. The Kier molecular flexibility index (Phi) is 9.42. The zero-order chi connectivity index (χ0) is 20.2. The average Bonchev–Trinajstić information content (AvgIpc) is 2.79. The van der Waals surface area contributed by atoms with Gasteiger partial charge in [-0.25, -0.2) is 0 Å². The first-order valence-corrected chi connectivity index (χ1v) is 11.2. The Morgan fingerprint density at radius 2 is 1.71 bits per heavy atom. The van der Waals surface area contributed by atoms with Crippen molar-refractivity contribution in [1.82, 2.24) is 0 Å². The highest BCUT2D eigenvalue weighted by Crippen LogP contribution is 2.42. The first-order valence-electron chi connectivity index (χ1n) is 10.2. The van der Waals surface area contributed by atoms with Crippen LogP contribution in [0.2, 0.25) is 0 Å². The van der Waals surface area contributed by atoms with Crippen LogP contribution in [0.1, 0.15) is 51.5 Å². The summed E-state index contributed by atoms with van der Waals surface area (Å²) < 4.78 is 11.0. The maximum atomic E-state index is 12.4. The summed E-state index contributed by atoms with van der Waals surface area (Å²) >= 11 is 1.72. The minimum absolute atomic E-state index is 0.0545. The number of rotatable bonds is 7. The second kappa shape index (κ2) is 11.8. The van der Waals surface area contributed by atoms with Crippen LogP contribution < -0.4 is 4.74 Å². The molecule has 28 heavy (non-hydrogen) atoms. The number of carbonyl (C=O) groups is 1. The van der Waals surface area contributed by atoms with Crippen LogP contribution in [0, 0.1) is 5.41 Å². The first-order chi connectivity index (χ1) is 13.7. The molecule has 0 bridgehead atoms. The molecule has 2 aromatic carbocycles. The Labute approximate surface area is 173 Å². The van der Waals surface area contributed by atoms with Crippen molar-refractivity contribution in [3.8, 4) is 5.75 Å². The minimum atomic E-state index is -0.335. The molecule has 0 amide bonds. The summed E-state index contributed by atoms with van der Waals surface area (Å²) in [6.07, 6.45) is 5.28. The van der Waals surface area contributed by atoms with Gasteiger partial charge in [-0.15, -0.1) is 11.8 Å². The molecule has 0 aliphatic heterocycles. The molecule has 0 atom stereocenters. The fraction of sp³-hybridized carbons (Fsp3) is 0.458. The van der Waals surface area contributed by atoms with Gasteiger partial charge >= 0.3 is 5.97 Å². The number of carbonyl (C=O) groups excluding carboxylic acids is 1. The molecule has 0 saturated heterocycles. The molecule has 1 saturated carbocycles. The molecule has 3 nitrogen and oxygen atoms in total. The van der Waals surface area contributed by atoms with Crippen molar-refractivity contribution < 1.29 is 14.3 Å². The maximum absolute atomic E-state index is 12.4. The molecule has 0 aromatic heterocycles. The average molecular weight is 401 g/mol. The Balaban J connectivity index is 0.00000136. The van der Waals surface area contributed by atoms with E-state index in [1.807, 2.05) is 44.2 Å². The van der Waals surface area contributed by atoms with Crippen molar-refractivity contribution in [1.29, 1.82) is 0 Å². The van der Waals surface area contributed by atoms with Gasteiger partial charge in [0, 0.05) is 10.6 Å². The molecule has 3 rings (SSSR count). The number of hydrogen-bond acceptors (Lipinski definition) is 4. The first kappa shape index (κ1) is 22.4. The molecule has 1 aliphatic carbocycles. The van der Waals surface area contributed by atoms with E-state index in [1.54, 1.807) is 11.8 Å². The molecule has 2 aromatic rings. The van der Waals surface area contributed by atoms with Crippen LogP contribution in [0.15, 0.2) is 59.5 Å². The largest absolute Gasteiger partial charge is 0.489 e. The van der Waals surface area contributed by atoms with Gasteiger partial charge in [0.2, 0.25) is 0 Å². The predicted octanol–water partition coefficient (Wildman–Crippen LogP) is 6.51. The third-order valence-corrected chi connectivity index (χ3v) is 6.28. The SMILES string of the molecule is CC.COC(=O)C1(CSc2cccc(OCc3ccccc3)c2)CCCCC1.